The van der Waals surface area contributed by atoms with Crippen molar-refractivity contribution >= 4 is 33.2 Å². The molecule has 2 aromatic carbocycles. The third-order valence-corrected chi connectivity index (χ3v) is 7.66. The van der Waals surface area contributed by atoms with Crippen molar-refractivity contribution in [1.29, 1.82) is 0 Å². The number of nitrogens with two attached hydrogens (primary N) is 2. The summed E-state index contributed by atoms with van der Waals surface area (Å²) in [5.74, 6) is 6.54. The normalized spacial score (nSPS) is 16.0. The van der Waals surface area contributed by atoms with E-state index in [2.05, 4.69) is 47.5 Å². The van der Waals surface area contributed by atoms with Gasteiger partial charge in [-0.3, -0.25) is 4.98 Å². The fraction of sp³-hybridized carbons (Fsp3) is 0.323. The number of aromatic nitrogens is 2. The van der Waals surface area contributed by atoms with Gasteiger partial charge in [-0.15, -0.1) is 0 Å². The summed E-state index contributed by atoms with van der Waals surface area (Å²) in [6.07, 6.45) is 3.72. The van der Waals surface area contributed by atoms with Gasteiger partial charge in [0.1, 0.15) is 0 Å². The molecule has 0 bridgehead atoms. The second kappa shape index (κ2) is 10.6. The number of fused-ring (bicyclic) bond motifs is 3. The molecule has 38 heavy (non-hydrogen) atoms. The van der Waals surface area contributed by atoms with Crippen LogP contribution in [0, 0.1) is 5.92 Å². The first kappa shape index (κ1) is 26.0. The molecule has 1 aliphatic rings. The Hall–Kier alpha value is -3.65. The number of benzene rings is 2. The number of ether oxygens (including phenoxy) is 1. The molecule has 1 aliphatic heterocycles. The number of pyridine rings is 1. The van der Waals surface area contributed by atoms with Crippen LogP contribution in [0.1, 0.15) is 55.0 Å². The molecule has 2 aromatic heterocycles. The predicted molar refractivity (Wildman–Crippen MR) is 155 cm³/mol. The van der Waals surface area contributed by atoms with Gasteiger partial charge in [0.05, 0.1) is 34.9 Å². The van der Waals surface area contributed by atoms with E-state index in [-0.39, 0.29) is 12.6 Å². The average molecular weight is 512 g/mol. The van der Waals surface area contributed by atoms with E-state index in [0.717, 1.165) is 76.0 Å². The Morgan fingerprint density at radius 1 is 1.18 bits per heavy atom. The van der Waals surface area contributed by atoms with Gasteiger partial charge < -0.3 is 25.2 Å². The molecule has 4 aromatic rings. The molecular weight excluding hydrogens is 474 g/mol. The second-order valence-electron chi connectivity index (χ2n) is 10.3. The number of nitrogens with zero attached hydrogens (tertiary/aromatic N) is 3. The van der Waals surface area contributed by atoms with Crippen LogP contribution in [0.4, 0.5) is 0 Å². The van der Waals surface area contributed by atoms with Gasteiger partial charge in [-0.05, 0) is 55.9 Å². The Morgan fingerprint density at radius 2 is 1.89 bits per heavy atom. The highest BCUT2D eigenvalue weighted by molar-refractivity contribution is 6.08. The smallest absolute Gasteiger partial charge is 0.0960 e. The Morgan fingerprint density at radius 3 is 2.50 bits per heavy atom. The van der Waals surface area contributed by atoms with Crippen LogP contribution in [0.3, 0.4) is 0 Å². The fourth-order valence-electron chi connectivity index (χ4n) is 6.07. The van der Waals surface area contributed by atoms with Crippen LogP contribution in [-0.4, -0.2) is 39.9 Å². The number of allylic oxidation sites excluding steroid dienone is 2. The summed E-state index contributed by atoms with van der Waals surface area (Å²) in [6, 6.07) is 16.9. The molecule has 7 heteroatoms. The molecule has 7 nitrogen and oxygen atoms in total. The van der Waals surface area contributed by atoms with Gasteiger partial charge in [0.15, 0.2) is 0 Å². The molecule has 1 saturated heterocycles. The summed E-state index contributed by atoms with van der Waals surface area (Å²) in [5.41, 5.74) is 15.3. The van der Waals surface area contributed by atoms with Gasteiger partial charge in [0, 0.05) is 48.7 Å². The van der Waals surface area contributed by atoms with Crippen LogP contribution in [-0.2, 0) is 11.3 Å². The number of hydrogen-bond acceptors (Lipinski definition) is 6. The van der Waals surface area contributed by atoms with Crippen molar-refractivity contribution in [3.05, 3.63) is 89.3 Å². The number of rotatable bonds is 7. The van der Waals surface area contributed by atoms with Crippen LogP contribution in [0.25, 0.3) is 33.2 Å². The highest BCUT2D eigenvalue weighted by Gasteiger charge is 2.31. The fourth-order valence-corrected chi connectivity index (χ4v) is 6.07. The molecule has 1 atom stereocenters. The van der Waals surface area contributed by atoms with Crippen molar-refractivity contribution in [3.63, 3.8) is 0 Å². The molecule has 0 amide bonds. The third-order valence-electron chi connectivity index (χ3n) is 7.66. The zero-order valence-corrected chi connectivity index (χ0v) is 22.4. The van der Waals surface area contributed by atoms with Crippen molar-refractivity contribution in [2.75, 3.05) is 20.3 Å². The molecule has 3 heterocycles. The summed E-state index contributed by atoms with van der Waals surface area (Å²) in [7, 11) is 1.78. The van der Waals surface area contributed by atoms with E-state index in [1.807, 2.05) is 32.2 Å². The van der Waals surface area contributed by atoms with Gasteiger partial charge in [-0.1, -0.05) is 48.6 Å². The first-order valence-corrected chi connectivity index (χ1v) is 13.1. The van der Waals surface area contributed by atoms with Crippen molar-refractivity contribution in [1.82, 2.24) is 14.6 Å². The summed E-state index contributed by atoms with van der Waals surface area (Å²) >= 11 is 0. The van der Waals surface area contributed by atoms with Crippen molar-refractivity contribution in [2.24, 2.45) is 17.5 Å². The Labute approximate surface area is 224 Å². The molecule has 1 unspecified atom stereocenters. The highest BCUT2D eigenvalue weighted by atomic mass is 16.5. The van der Waals surface area contributed by atoms with E-state index in [1.165, 1.54) is 10.6 Å². The van der Waals surface area contributed by atoms with Crippen molar-refractivity contribution in [3.8, 4) is 0 Å². The molecule has 0 spiro atoms. The number of aliphatic hydroxyl groups is 1. The summed E-state index contributed by atoms with van der Waals surface area (Å²) in [6.45, 7) is 9.39. The lowest BCUT2D eigenvalue weighted by Gasteiger charge is -2.33. The van der Waals surface area contributed by atoms with E-state index in [4.69, 9.17) is 21.3 Å². The molecule has 198 valence electrons. The molecule has 0 aliphatic carbocycles. The van der Waals surface area contributed by atoms with E-state index >= 15 is 0 Å². The molecule has 5 N–H and O–H groups in total. The Balaban J connectivity index is 1.93. The van der Waals surface area contributed by atoms with Crippen molar-refractivity contribution in [2.45, 2.75) is 39.3 Å². The Kier molecular flexibility index (Phi) is 7.25. The number of hydrogen-bond donors (Lipinski definition) is 3. The van der Waals surface area contributed by atoms with Gasteiger partial charge in [-0.2, -0.15) is 0 Å². The van der Waals surface area contributed by atoms with Crippen LogP contribution in [0.5, 0.6) is 0 Å². The standard InChI is InChI=1S/C31H37N5O2/c1-19(2)24-10-11-25-28-27(16-23(17-34-28)29(20(3)32)35(4)33)36(31(25)26(24)18-37)30(21-8-6-5-7-9-21)22-12-14-38-15-13-22/h5-11,16-17,22,30,37H,1,12-15,18,32-33H2,2-4H3/b29-20-. The van der Waals surface area contributed by atoms with Gasteiger partial charge >= 0.3 is 0 Å². The van der Waals surface area contributed by atoms with Crippen molar-refractivity contribution < 1.29 is 9.84 Å². The van der Waals surface area contributed by atoms with Crippen LogP contribution in [0.15, 0.2) is 67.0 Å². The topological polar surface area (TPSA) is 103 Å². The lowest BCUT2D eigenvalue weighted by molar-refractivity contribution is 0.0552. The quantitative estimate of drug-likeness (QED) is 0.233. The van der Waals surface area contributed by atoms with E-state index in [9.17, 15) is 5.11 Å². The maximum atomic E-state index is 10.7. The number of hydrazine groups is 1. The van der Waals surface area contributed by atoms with Gasteiger partial charge in [0.2, 0.25) is 0 Å². The first-order chi connectivity index (χ1) is 18.3. The third kappa shape index (κ3) is 4.47. The summed E-state index contributed by atoms with van der Waals surface area (Å²) in [5, 5.41) is 13.3. The van der Waals surface area contributed by atoms with E-state index in [0.29, 0.717) is 11.6 Å². The largest absolute Gasteiger partial charge is 0.401 e. The first-order valence-electron chi connectivity index (χ1n) is 13.1. The Bertz CT molecular complexity index is 1510. The summed E-state index contributed by atoms with van der Waals surface area (Å²) < 4.78 is 8.16. The second-order valence-corrected chi connectivity index (χ2v) is 10.3. The summed E-state index contributed by atoms with van der Waals surface area (Å²) in [4.78, 5) is 4.97. The van der Waals surface area contributed by atoms with Gasteiger partial charge in [0.25, 0.3) is 0 Å². The van der Waals surface area contributed by atoms with Crippen LogP contribution < -0.4 is 11.6 Å². The maximum absolute atomic E-state index is 10.7. The maximum Gasteiger partial charge on any atom is 0.0960 e. The monoisotopic (exact) mass is 511 g/mol. The zero-order valence-electron chi connectivity index (χ0n) is 22.4. The predicted octanol–water partition coefficient (Wildman–Crippen LogP) is 5.18. The molecular formula is C31H37N5O2. The lowest BCUT2D eigenvalue weighted by atomic mass is 9.86. The molecule has 5 rings (SSSR count). The lowest BCUT2D eigenvalue weighted by Crippen LogP contribution is -2.27. The zero-order chi connectivity index (χ0) is 27.0. The van der Waals surface area contributed by atoms with E-state index in [1.54, 1.807) is 7.05 Å². The highest BCUT2D eigenvalue weighted by Crippen LogP contribution is 2.43. The van der Waals surface area contributed by atoms with Crippen LogP contribution >= 0.6 is 0 Å². The van der Waals surface area contributed by atoms with E-state index < -0.39 is 0 Å². The minimum atomic E-state index is -0.101. The number of aliphatic hydroxyl groups excluding tert-OH is 1. The van der Waals surface area contributed by atoms with Crippen LogP contribution in [0.2, 0.25) is 0 Å². The minimum absolute atomic E-state index is 0.0184. The van der Waals surface area contributed by atoms with Gasteiger partial charge in [-0.25, -0.2) is 5.84 Å². The minimum Gasteiger partial charge on any atom is -0.401 e. The molecule has 1 fully saturated rings. The average Bonchev–Trinajstić information content (AvgIpc) is 3.22. The molecule has 0 saturated carbocycles. The SMILES string of the molecule is C=C(C)c1ccc2c3ncc(/C(=C(\C)N)N(C)N)cc3n(C(c3ccccc3)C3CCOCC3)c2c1CO. The molecule has 0 radical (unpaired) electrons.